The summed E-state index contributed by atoms with van der Waals surface area (Å²) in [6, 6.07) is 19.4. The Kier molecular flexibility index (Phi) is 5.29. The third-order valence-corrected chi connectivity index (χ3v) is 5.06. The molecule has 6 heteroatoms. The Balaban J connectivity index is 1.66. The molecule has 0 aliphatic rings. The van der Waals surface area contributed by atoms with Crippen molar-refractivity contribution in [2.45, 2.75) is 6.92 Å². The predicted molar refractivity (Wildman–Crippen MR) is 119 cm³/mol. The SMILES string of the molecule is COc1ccc(Cl)cc1C(=O)Nc1ccc(-c2cc3ccccc3oc2=O)c(C)c1. The van der Waals surface area contributed by atoms with Crippen LogP contribution in [0.25, 0.3) is 22.1 Å². The van der Waals surface area contributed by atoms with Crippen molar-refractivity contribution in [2.24, 2.45) is 0 Å². The van der Waals surface area contributed by atoms with Crippen LogP contribution in [-0.4, -0.2) is 13.0 Å². The molecule has 0 bridgehead atoms. The fraction of sp³-hybridized carbons (Fsp3) is 0.0833. The monoisotopic (exact) mass is 419 g/mol. The molecule has 0 saturated heterocycles. The Morgan fingerprint density at radius 3 is 2.57 bits per heavy atom. The first-order valence-electron chi connectivity index (χ1n) is 9.25. The van der Waals surface area contributed by atoms with Crippen LogP contribution >= 0.6 is 11.6 Å². The summed E-state index contributed by atoms with van der Waals surface area (Å²) >= 11 is 6.02. The number of fused-ring (bicyclic) bond motifs is 1. The minimum absolute atomic E-state index is 0.335. The van der Waals surface area contributed by atoms with Gasteiger partial charge in [0.25, 0.3) is 5.91 Å². The lowest BCUT2D eigenvalue weighted by atomic mass is 10.0. The fourth-order valence-corrected chi connectivity index (χ4v) is 3.52. The van der Waals surface area contributed by atoms with Gasteiger partial charge in [0.2, 0.25) is 0 Å². The third-order valence-electron chi connectivity index (χ3n) is 4.82. The molecular formula is C24H18ClNO4. The van der Waals surface area contributed by atoms with Crippen molar-refractivity contribution in [1.82, 2.24) is 0 Å². The van der Waals surface area contributed by atoms with Gasteiger partial charge in [-0.15, -0.1) is 0 Å². The second-order valence-electron chi connectivity index (χ2n) is 6.81. The molecule has 4 aromatic rings. The number of rotatable bonds is 4. The van der Waals surface area contributed by atoms with E-state index in [-0.39, 0.29) is 5.91 Å². The number of carbonyl (C=O) groups is 1. The summed E-state index contributed by atoms with van der Waals surface area (Å²) < 4.78 is 10.7. The summed E-state index contributed by atoms with van der Waals surface area (Å²) in [5.74, 6) is 0.0886. The molecule has 0 spiro atoms. The van der Waals surface area contributed by atoms with Crippen molar-refractivity contribution in [1.29, 1.82) is 0 Å². The van der Waals surface area contributed by atoms with E-state index in [2.05, 4.69) is 5.32 Å². The van der Waals surface area contributed by atoms with Gasteiger partial charge in [-0.25, -0.2) is 4.79 Å². The lowest BCUT2D eigenvalue weighted by Gasteiger charge is -2.12. The molecule has 1 amide bonds. The molecule has 1 N–H and O–H groups in total. The molecule has 30 heavy (non-hydrogen) atoms. The van der Waals surface area contributed by atoms with Gasteiger partial charge in [0.15, 0.2) is 0 Å². The molecule has 0 radical (unpaired) electrons. The van der Waals surface area contributed by atoms with E-state index in [4.69, 9.17) is 20.8 Å². The largest absolute Gasteiger partial charge is 0.496 e. The summed E-state index contributed by atoms with van der Waals surface area (Å²) in [6.07, 6.45) is 0. The number of benzene rings is 3. The first-order valence-corrected chi connectivity index (χ1v) is 9.63. The molecule has 3 aromatic carbocycles. The summed E-state index contributed by atoms with van der Waals surface area (Å²) in [5.41, 5.74) is 3.11. The number of ether oxygens (including phenoxy) is 1. The summed E-state index contributed by atoms with van der Waals surface area (Å²) in [7, 11) is 1.49. The maximum atomic E-state index is 12.7. The van der Waals surface area contributed by atoms with Crippen LogP contribution in [0.2, 0.25) is 5.02 Å². The highest BCUT2D eigenvalue weighted by molar-refractivity contribution is 6.31. The maximum Gasteiger partial charge on any atom is 0.344 e. The van der Waals surface area contributed by atoms with Crippen LogP contribution in [-0.2, 0) is 0 Å². The molecule has 4 rings (SSSR count). The van der Waals surface area contributed by atoms with Gasteiger partial charge < -0.3 is 14.5 Å². The minimum Gasteiger partial charge on any atom is -0.496 e. The van der Waals surface area contributed by atoms with E-state index >= 15 is 0 Å². The number of hydrogen-bond donors (Lipinski definition) is 1. The number of carbonyl (C=O) groups excluding carboxylic acids is 1. The summed E-state index contributed by atoms with van der Waals surface area (Å²) in [4.78, 5) is 25.2. The van der Waals surface area contributed by atoms with E-state index < -0.39 is 5.63 Å². The number of amides is 1. The van der Waals surface area contributed by atoms with Gasteiger partial charge in [0.05, 0.1) is 18.2 Å². The van der Waals surface area contributed by atoms with E-state index in [1.54, 1.807) is 42.5 Å². The molecule has 0 atom stereocenters. The van der Waals surface area contributed by atoms with Crippen LogP contribution in [0.4, 0.5) is 5.69 Å². The van der Waals surface area contributed by atoms with Crippen LogP contribution in [0.15, 0.2) is 75.9 Å². The molecule has 0 fully saturated rings. The molecule has 150 valence electrons. The number of methoxy groups -OCH3 is 1. The zero-order valence-electron chi connectivity index (χ0n) is 16.4. The quantitative estimate of drug-likeness (QED) is 0.432. The molecule has 5 nitrogen and oxygen atoms in total. The number of para-hydroxylation sites is 1. The van der Waals surface area contributed by atoms with Gasteiger partial charge in [0.1, 0.15) is 11.3 Å². The molecule has 0 unspecified atom stereocenters. The van der Waals surface area contributed by atoms with E-state index in [0.29, 0.717) is 33.2 Å². The van der Waals surface area contributed by atoms with Crippen molar-refractivity contribution in [3.8, 4) is 16.9 Å². The fourth-order valence-electron chi connectivity index (χ4n) is 3.35. The maximum absolute atomic E-state index is 12.7. The van der Waals surface area contributed by atoms with Crippen LogP contribution < -0.4 is 15.7 Å². The first kappa shape index (κ1) is 19.7. The third kappa shape index (κ3) is 3.80. The highest BCUT2D eigenvalue weighted by Gasteiger charge is 2.15. The molecular weight excluding hydrogens is 402 g/mol. The highest BCUT2D eigenvalue weighted by Crippen LogP contribution is 2.28. The molecule has 0 saturated carbocycles. The van der Waals surface area contributed by atoms with E-state index in [1.165, 1.54) is 7.11 Å². The van der Waals surface area contributed by atoms with Crippen molar-refractivity contribution in [3.05, 3.63) is 93.3 Å². The average molecular weight is 420 g/mol. The van der Waals surface area contributed by atoms with E-state index in [9.17, 15) is 9.59 Å². The standard InChI is InChI=1S/C24H18ClNO4/c1-14-11-17(26-23(27)20-13-16(25)7-10-22(20)29-2)8-9-18(14)19-12-15-5-3-4-6-21(15)30-24(19)28/h3-13H,1-2H3,(H,26,27). The molecule has 0 aliphatic carbocycles. The average Bonchev–Trinajstić information content (AvgIpc) is 2.73. The summed E-state index contributed by atoms with van der Waals surface area (Å²) in [6.45, 7) is 1.87. The second kappa shape index (κ2) is 8.05. The van der Waals surface area contributed by atoms with Crippen molar-refractivity contribution in [3.63, 3.8) is 0 Å². The zero-order chi connectivity index (χ0) is 21.3. The Hall–Kier alpha value is -3.57. The van der Waals surface area contributed by atoms with Gasteiger partial charge in [-0.2, -0.15) is 0 Å². The Morgan fingerprint density at radius 1 is 1.00 bits per heavy atom. The number of nitrogens with one attached hydrogen (secondary N) is 1. The minimum atomic E-state index is -0.405. The molecule has 0 aliphatic heterocycles. The Morgan fingerprint density at radius 2 is 1.80 bits per heavy atom. The van der Waals surface area contributed by atoms with Crippen LogP contribution in [0.3, 0.4) is 0 Å². The number of halogens is 1. The van der Waals surface area contributed by atoms with Gasteiger partial charge in [-0.1, -0.05) is 35.9 Å². The summed E-state index contributed by atoms with van der Waals surface area (Å²) in [5, 5.41) is 4.13. The molecule has 1 aromatic heterocycles. The second-order valence-corrected chi connectivity index (χ2v) is 7.25. The first-order chi connectivity index (χ1) is 14.5. The number of anilines is 1. The van der Waals surface area contributed by atoms with Crippen molar-refractivity contribution < 1.29 is 13.9 Å². The highest BCUT2D eigenvalue weighted by atomic mass is 35.5. The van der Waals surface area contributed by atoms with Gasteiger partial charge in [-0.3, -0.25) is 4.79 Å². The lowest BCUT2D eigenvalue weighted by molar-refractivity contribution is 0.102. The van der Waals surface area contributed by atoms with Gasteiger partial charge in [-0.05, 0) is 60.5 Å². The number of hydrogen-bond acceptors (Lipinski definition) is 4. The van der Waals surface area contributed by atoms with Gasteiger partial charge in [0, 0.05) is 16.1 Å². The van der Waals surface area contributed by atoms with Crippen LogP contribution in [0, 0.1) is 6.92 Å². The normalized spacial score (nSPS) is 10.8. The Bertz CT molecular complexity index is 1330. The van der Waals surface area contributed by atoms with E-state index in [1.807, 2.05) is 31.2 Å². The van der Waals surface area contributed by atoms with Crippen molar-refractivity contribution >= 4 is 34.2 Å². The zero-order valence-corrected chi connectivity index (χ0v) is 17.1. The predicted octanol–water partition coefficient (Wildman–Crippen LogP) is 5.68. The topological polar surface area (TPSA) is 68.5 Å². The van der Waals surface area contributed by atoms with Crippen LogP contribution in [0.5, 0.6) is 5.75 Å². The van der Waals surface area contributed by atoms with Gasteiger partial charge >= 0.3 is 5.63 Å². The van der Waals surface area contributed by atoms with E-state index in [0.717, 1.165) is 16.5 Å². The number of aryl methyl sites for hydroxylation is 1. The lowest BCUT2D eigenvalue weighted by Crippen LogP contribution is -2.13. The molecule has 1 heterocycles. The van der Waals surface area contributed by atoms with Crippen molar-refractivity contribution in [2.75, 3.05) is 12.4 Å². The van der Waals surface area contributed by atoms with Crippen LogP contribution in [0.1, 0.15) is 15.9 Å². The smallest absolute Gasteiger partial charge is 0.344 e. The Labute approximate surface area is 177 Å².